The lowest BCUT2D eigenvalue weighted by Gasteiger charge is -2.07. The molecular weight excluding hydrogens is 222 g/mol. The SMILES string of the molecule is CC(C)c1ccc(OC(=O)NCC(=O)O)cc1. The van der Waals surface area contributed by atoms with E-state index in [1.165, 1.54) is 0 Å². The van der Waals surface area contributed by atoms with E-state index in [1.807, 2.05) is 12.1 Å². The van der Waals surface area contributed by atoms with Crippen molar-refractivity contribution in [3.63, 3.8) is 0 Å². The minimum absolute atomic E-state index is 0.386. The molecule has 0 atom stereocenters. The first-order valence-corrected chi connectivity index (χ1v) is 5.26. The van der Waals surface area contributed by atoms with E-state index in [9.17, 15) is 9.59 Å². The number of carbonyl (C=O) groups is 2. The Morgan fingerprint density at radius 3 is 2.35 bits per heavy atom. The molecule has 5 nitrogen and oxygen atoms in total. The molecule has 0 aliphatic carbocycles. The summed E-state index contributed by atoms with van der Waals surface area (Å²) in [4.78, 5) is 21.3. The second-order valence-electron chi connectivity index (χ2n) is 3.86. The Morgan fingerprint density at radius 1 is 1.29 bits per heavy atom. The van der Waals surface area contributed by atoms with Crippen LogP contribution in [0.5, 0.6) is 5.75 Å². The topological polar surface area (TPSA) is 75.6 Å². The summed E-state index contributed by atoms with van der Waals surface area (Å²) in [5.74, 6) is -0.320. The number of carboxylic acid groups (broad SMARTS) is 1. The first kappa shape index (κ1) is 13.0. The largest absolute Gasteiger partial charge is 0.480 e. The maximum Gasteiger partial charge on any atom is 0.413 e. The molecule has 0 spiro atoms. The zero-order valence-corrected chi connectivity index (χ0v) is 9.77. The predicted octanol–water partition coefficient (Wildman–Crippen LogP) is 1.98. The Morgan fingerprint density at radius 2 is 1.88 bits per heavy atom. The van der Waals surface area contributed by atoms with Gasteiger partial charge in [-0.25, -0.2) is 4.79 Å². The number of benzene rings is 1. The van der Waals surface area contributed by atoms with Crippen molar-refractivity contribution < 1.29 is 19.4 Å². The molecule has 0 saturated carbocycles. The normalized spacial score (nSPS) is 10.1. The number of amides is 1. The van der Waals surface area contributed by atoms with E-state index in [4.69, 9.17) is 9.84 Å². The van der Waals surface area contributed by atoms with Crippen LogP contribution in [-0.2, 0) is 4.79 Å². The predicted molar refractivity (Wildman–Crippen MR) is 62.2 cm³/mol. The Bertz CT molecular complexity index is 397. The summed E-state index contributed by atoms with van der Waals surface area (Å²) in [6, 6.07) is 7.08. The Balaban J connectivity index is 2.51. The molecule has 2 N–H and O–H groups in total. The van der Waals surface area contributed by atoms with Gasteiger partial charge in [0.25, 0.3) is 0 Å². The molecular formula is C12H15NO4. The number of hydrogen-bond acceptors (Lipinski definition) is 3. The molecule has 0 unspecified atom stereocenters. The molecule has 0 aliphatic rings. The second-order valence-corrected chi connectivity index (χ2v) is 3.86. The van der Waals surface area contributed by atoms with Gasteiger partial charge in [0.1, 0.15) is 12.3 Å². The van der Waals surface area contributed by atoms with Crippen molar-refractivity contribution in [2.24, 2.45) is 0 Å². The van der Waals surface area contributed by atoms with E-state index < -0.39 is 18.6 Å². The molecule has 0 radical (unpaired) electrons. The van der Waals surface area contributed by atoms with Gasteiger partial charge in [-0.1, -0.05) is 26.0 Å². The van der Waals surface area contributed by atoms with E-state index in [2.05, 4.69) is 19.2 Å². The molecule has 5 heteroatoms. The van der Waals surface area contributed by atoms with Crippen molar-refractivity contribution in [3.05, 3.63) is 29.8 Å². The van der Waals surface area contributed by atoms with Crippen LogP contribution in [0, 0.1) is 0 Å². The zero-order valence-electron chi connectivity index (χ0n) is 9.77. The Hall–Kier alpha value is -2.04. The van der Waals surface area contributed by atoms with Gasteiger partial charge in [0.15, 0.2) is 0 Å². The molecule has 0 aromatic heterocycles. The van der Waals surface area contributed by atoms with Gasteiger partial charge in [0, 0.05) is 0 Å². The van der Waals surface area contributed by atoms with Crippen LogP contribution in [-0.4, -0.2) is 23.7 Å². The lowest BCUT2D eigenvalue weighted by molar-refractivity contribution is -0.135. The number of ether oxygens (including phenoxy) is 1. The second kappa shape index (κ2) is 5.89. The summed E-state index contributed by atoms with van der Waals surface area (Å²) in [5.41, 5.74) is 1.14. The van der Waals surface area contributed by atoms with E-state index in [0.717, 1.165) is 5.56 Å². The quantitative estimate of drug-likeness (QED) is 0.839. The van der Waals surface area contributed by atoms with Gasteiger partial charge < -0.3 is 15.2 Å². The molecule has 92 valence electrons. The third-order valence-corrected chi connectivity index (χ3v) is 2.14. The highest BCUT2D eigenvalue weighted by atomic mass is 16.6. The summed E-state index contributed by atoms with van der Waals surface area (Å²) < 4.78 is 4.89. The van der Waals surface area contributed by atoms with Crippen molar-refractivity contribution in [2.45, 2.75) is 19.8 Å². The maximum absolute atomic E-state index is 11.1. The molecule has 0 heterocycles. The molecule has 0 bridgehead atoms. The van der Waals surface area contributed by atoms with Crippen molar-refractivity contribution >= 4 is 12.1 Å². The maximum atomic E-state index is 11.1. The number of carbonyl (C=O) groups excluding carboxylic acids is 1. The highest BCUT2D eigenvalue weighted by Crippen LogP contribution is 2.18. The molecule has 0 aliphatic heterocycles. The van der Waals surface area contributed by atoms with Crippen molar-refractivity contribution in [1.29, 1.82) is 0 Å². The summed E-state index contributed by atoms with van der Waals surface area (Å²) >= 11 is 0. The Labute approximate surface area is 99.4 Å². The first-order valence-electron chi connectivity index (χ1n) is 5.26. The third-order valence-electron chi connectivity index (χ3n) is 2.14. The molecule has 0 fully saturated rings. The van der Waals surface area contributed by atoms with Crippen LogP contribution >= 0.6 is 0 Å². The van der Waals surface area contributed by atoms with Gasteiger partial charge in [-0.2, -0.15) is 0 Å². The van der Waals surface area contributed by atoms with Gasteiger partial charge in [-0.05, 0) is 23.6 Å². The molecule has 1 rings (SSSR count). The van der Waals surface area contributed by atoms with Crippen molar-refractivity contribution in [2.75, 3.05) is 6.54 Å². The van der Waals surface area contributed by atoms with Crippen LogP contribution in [0.4, 0.5) is 4.79 Å². The third kappa shape index (κ3) is 4.55. The number of rotatable bonds is 4. The van der Waals surface area contributed by atoms with E-state index in [1.54, 1.807) is 12.1 Å². The van der Waals surface area contributed by atoms with Gasteiger partial charge in [0.2, 0.25) is 0 Å². The van der Waals surface area contributed by atoms with Crippen LogP contribution < -0.4 is 10.1 Å². The number of nitrogens with one attached hydrogen (secondary N) is 1. The van der Waals surface area contributed by atoms with Gasteiger partial charge in [-0.3, -0.25) is 4.79 Å². The summed E-state index contributed by atoms with van der Waals surface area (Å²) in [6.07, 6.45) is -0.773. The van der Waals surface area contributed by atoms with E-state index >= 15 is 0 Å². The highest BCUT2D eigenvalue weighted by molar-refractivity contribution is 5.77. The molecule has 1 aromatic rings. The van der Waals surface area contributed by atoms with E-state index in [0.29, 0.717) is 11.7 Å². The fourth-order valence-corrected chi connectivity index (χ4v) is 1.21. The zero-order chi connectivity index (χ0) is 12.8. The number of carboxylic acids is 1. The smallest absolute Gasteiger partial charge is 0.413 e. The fraction of sp³-hybridized carbons (Fsp3) is 0.333. The van der Waals surface area contributed by atoms with Gasteiger partial charge in [0.05, 0.1) is 0 Å². The fourth-order valence-electron chi connectivity index (χ4n) is 1.21. The van der Waals surface area contributed by atoms with Crippen molar-refractivity contribution in [3.8, 4) is 5.75 Å². The average molecular weight is 237 g/mol. The Kier molecular flexibility index (Phi) is 4.51. The minimum atomic E-state index is -1.11. The summed E-state index contributed by atoms with van der Waals surface area (Å²) in [7, 11) is 0. The highest BCUT2D eigenvalue weighted by Gasteiger charge is 2.06. The van der Waals surface area contributed by atoms with Crippen LogP contribution in [0.15, 0.2) is 24.3 Å². The van der Waals surface area contributed by atoms with Crippen molar-refractivity contribution in [1.82, 2.24) is 5.32 Å². The summed E-state index contributed by atoms with van der Waals surface area (Å²) in [6.45, 7) is 3.67. The van der Waals surface area contributed by atoms with Crippen LogP contribution in [0.1, 0.15) is 25.3 Å². The number of aliphatic carboxylic acids is 1. The standard InChI is InChI=1S/C12H15NO4/c1-8(2)9-3-5-10(6-4-9)17-12(16)13-7-11(14)15/h3-6,8H,7H2,1-2H3,(H,13,16)(H,14,15). The summed E-state index contributed by atoms with van der Waals surface area (Å²) in [5, 5.41) is 10.5. The minimum Gasteiger partial charge on any atom is -0.480 e. The van der Waals surface area contributed by atoms with Crippen LogP contribution in [0.3, 0.4) is 0 Å². The van der Waals surface area contributed by atoms with Crippen LogP contribution in [0.2, 0.25) is 0 Å². The number of hydrogen-bond donors (Lipinski definition) is 2. The lowest BCUT2D eigenvalue weighted by Crippen LogP contribution is -2.31. The molecule has 0 saturated heterocycles. The monoisotopic (exact) mass is 237 g/mol. The molecule has 17 heavy (non-hydrogen) atoms. The van der Waals surface area contributed by atoms with E-state index in [-0.39, 0.29) is 0 Å². The average Bonchev–Trinajstić information content (AvgIpc) is 2.27. The lowest BCUT2D eigenvalue weighted by atomic mass is 10.0. The van der Waals surface area contributed by atoms with Gasteiger partial charge >= 0.3 is 12.1 Å². The first-order chi connectivity index (χ1) is 7.99. The van der Waals surface area contributed by atoms with Gasteiger partial charge in [-0.15, -0.1) is 0 Å². The van der Waals surface area contributed by atoms with Crippen LogP contribution in [0.25, 0.3) is 0 Å². The molecule has 1 aromatic carbocycles. The molecule has 1 amide bonds.